The smallest absolute Gasteiger partial charge is 0.315 e. The van der Waals surface area contributed by atoms with Gasteiger partial charge in [-0.2, -0.15) is 0 Å². The van der Waals surface area contributed by atoms with E-state index in [1.54, 1.807) is 6.92 Å². The molecule has 4 saturated carbocycles. The standard InChI is InChI=1S/C37H58O11/c1-19(39)48-36(7)25-10-11-35(6)24(33(25,4)17-22(40)29(36)44)9-8-20-21-16-32(2,3)12-14-37(21,15-13-34(20,35)5)31(45)47-30-28(43)27(42)26(41)23(18-38)46-30/h8,21-30,38,40-44H,9-18H2,1-7H3. The fourth-order valence-corrected chi connectivity index (χ4v) is 12.2. The highest BCUT2D eigenvalue weighted by Crippen LogP contribution is 2.75. The normalized spacial score (nSPS) is 52.8. The maximum absolute atomic E-state index is 14.4. The summed E-state index contributed by atoms with van der Waals surface area (Å²) in [6, 6.07) is 0. The molecule has 0 aromatic carbocycles. The molecule has 272 valence electrons. The van der Waals surface area contributed by atoms with Crippen molar-refractivity contribution in [3.05, 3.63) is 11.6 Å². The van der Waals surface area contributed by atoms with Gasteiger partial charge in [0.2, 0.25) is 6.29 Å². The van der Waals surface area contributed by atoms with Crippen LogP contribution in [0.4, 0.5) is 0 Å². The number of rotatable bonds is 4. The van der Waals surface area contributed by atoms with Crippen molar-refractivity contribution in [3.63, 3.8) is 0 Å². The van der Waals surface area contributed by atoms with Gasteiger partial charge in [0.25, 0.3) is 0 Å². The van der Waals surface area contributed by atoms with Gasteiger partial charge in [-0.05, 0) is 98.2 Å². The van der Waals surface area contributed by atoms with Crippen LogP contribution in [0.2, 0.25) is 0 Å². The monoisotopic (exact) mass is 678 g/mol. The van der Waals surface area contributed by atoms with Gasteiger partial charge in [-0.15, -0.1) is 0 Å². The van der Waals surface area contributed by atoms with Gasteiger partial charge in [-0.1, -0.05) is 46.3 Å². The molecular formula is C37H58O11. The Morgan fingerprint density at radius 3 is 2.19 bits per heavy atom. The van der Waals surface area contributed by atoms with Crippen LogP contribution < -0.4 is 0 Å². The number of carbonyl (C=O) groups excluding carboxylic acids is 2. The zero-order valence-electron chi connectivity index (χ0n) is 29.6. The Morgan fingerprint density at radius 2 is 1.54 bits per heavy atom. The maximum Gasteiger partial charge on any atom is 0.315 e. The van der Waals surface area contributed by atoms with Gasteiger partial charge >= 0.3 is 11.9 Å². The lowest BCUT2D eigenvalue weighted by atomic mass is 9.34. The van der Waals surface area contributed by atoms with Crippen molar-refractivity contribution >= 4 is 11.9 Å². The summed E-state index contributed by atoms with van der Waals surface area (Å²) in [6.45, 7) is 13.9. The third kappa shape index (κ3) is 4.99. The summed E-state index contributed by atoms with van der Waals surface area (Å²) in [5.41, 5.74) is -1.79. The predicted octanol–water partition coefficient (Wildman–Crippen LogP) is 2.76. The first kappa shape index (κ1) is 36.2. The number of aliphatic hydroxyl groups is 6. The molecule has 1 heterocycles. The number of ether oxygens (including phenoxy) is 3. The Bertz CT molecular complexity index is 1330. The number of hydrogen-bond acceptors (Lipinski definition) is 11. The van der Waals surface area contributed by atoms with Crippen LogP contribution in [0.15, 0.2) is 11.6 Å². The number of allylic oxidation sites excluding steroid dienone is 2. The van der Waals surface area contributed by atoms with E-state index in [9.17, 15) is 40.2 Å². The lowest BCUT2D eigenvalue weighted by molar-refractivity contribution is -0.297. The van der Waals surface area contributed by atoms with E-state index in [1.165, 1.54) is 12.5 Å². The van der Waals surface area contributed by atoms with Gasteiger partial charge in [0.1, 0.15) is 36.1 Å². The van der Waals surface area contributed by atoms with Crippen molar-refractivity contribution in [1.29, 1.82) is 0 Å². The lowest BCUT2D eigenvalue weighted by Crippen LogP contribution is -2.70. The third-order valence-electron chi connectivity index (χ3n) is 15.0. The molecule has 1 aliphatic heterocycles. The van der Waals surface area contributed by atoms with E-state index in [4.69, 9.17) is 14.2 Å². The van der Waals surface area contributed by atoms with Crippen LogP contribution in [0.25, 0.3) is 0 Å². The van der Waals surface area contributed by atoms with Crippen LogP contribution in [0.3, 0.4) is 0 Å². The van der Waals surface area contributed by atoms with Crippen LogP contribution in [0.5, 0.6) is 0 Å². The summed E-state index contributed by atoms with van der Waals surface area (Å²) in [5, 5.41) is 63.5. The molecule has 11 nitrogen and oxygen atoms in total. The summed E-state index contributed by atoms with van der Waals surface area (Å²) in [7, 11) is 0. The van der Waals surface area contributed by atoms with E-state index in [1.807, 2.05) is 0 Å². The van der Waals surface area contributed by atoms with Crippen molar-refractivity contribution in [3.8, 4) is 0 Å². The molecule has 15 atom stereocenters. The Labute approximate surface area is 284 Å². The zero-order chi connectivity index (χ0) is 35.4. The maximum atomic E-state index is 14.4. The molecule has 0 aromatic rings. The summed E-state index contributed by atoms with van der Waals surface area (Å²) in [6.07, 6.45) is -1.28. The number of aliphatic hydroxyl groups excluding tert-OH is 6. The Morgan fingerprint density at radius 1 is 0.875 bits per heavy atom. The van der Waals surface area contributed by atoms with Gasteiger partial charge in [0.15, 0.2) is 0 Å². The van der Waals surface area contributed by atoms with Gasteiger partial charge in [0.05, 0.1) is 18.1 Å². The summed E-state index contributed by atoms with van der Waals surface area (Å²) in [5.74, 6) is -1.11. The minimum atomic E-state index is -1.66. The molecule has 5 fully saturated rings. The summed E-state index contributed by atoms with van der Waals surface area (Å²) >= 11 is 0. The van der Waals surface area contributed by atoms with Gasteiger partial charge in [0, 0.05) is 12.8 Å². The van der Waals surface area contributed by atoms with Gasteiger partial charge in [-0.3, -0.25) is 9.59 Å². The van der Waals surface area contributed by atoms with Crippen molar-refractivity contribution in [2.75, 3.05) is 6.61 Å². The van der Waals surface area contributed by atoms with Crippen LogP contribution in [-0.4, -0.2) is 97.7 Å². The first-order valence-corrected chi connectivity index (χ1v) is 18.0. The molecule has 1 saturated heterocycles. The molecular weight excluding hydrogens is 620 g/mol. The lowest BCUT2D eigenvalue weighted by Gasteiger charge is -2.71. The molecule has 11 heteroatoms. The number of hydrogen-bond donors (Lipinski definition) is 6. The van der Waals surface area contributed by atoms with Crippen molar-refractivity contribution < 1.29 is 54.4 Å². The van der Waals surface area contributed by atoms with Crippen LogP contribution in [0.1, 0.15) is 106 Å². The summed E-state index contributed by atoms with van der Waals surface area (Å²) in [4.78, 5) is 26.7. The molecule has 0 radical (unpaired) electrons. The largest absolute Gasteiger partial charge is 0.456 e. The molecule has 6 rings (SSSR count). The fraction of sp³-hybridized carbons (Fsp3) is 0.892. The van der Waals surface area contributed by atoms with Crippen molar-refractivity contribution in [2.45, 2.75) is 155 Å². The second kappa shape index (κ2) is 11.7. The van der Waals surface area contributed by atoms with Gasteiger partial charge in [-0.25, -0.2) is 0 Å². The second-order valence-corrected chi connectivity index (χ2v) is 18.0. The molecule has 0 aromatic heterocycles. The first-order valence-electron chi connectivity index (χ1n) is 18.0. The van der Waals surface area contributed by atoms with Crippen LogP contribution in [-0.2, 0) is 23.8 Å². The fourth-order valence-electron chi connectivity index (χ4n) is 12.2. The van der Waals surface area contributed by atoms with Crippen LogP contribution >= 0.6 is 0 Å². The van der Waals surface area contributed by atoms with E-state index in [-0.39, 0.29) is 34.0 Å². The SMILES string of the molecule is CC(=O)OC1(C)C(O)C(O)CC2(C)C1CCC1(C)C2CC=C2C3CC(C)(C)CCC3(C(=O)OC3OC(CO)C(O)C(O)C3O)CCC21C. The molecule has 15 unspecified atom stereocenters. The van der Waals surface area contributed by atoms with E-state index in [0.717, 1.165) is 38.5 Å². The van der Waals surface area contributed by atoms with E-state index in [2.05, 4.69) is 40.7 Å². The third-order valence-corrected chi connectivity index (χ3v) is 15.0. The second-order valence-electron chi connectivity index (χ2n) is 18.0. The number of carbonyl (C=O) groups is 2. The highest BCUT2D eigenvalue weighted by atomic mass is 16.7. The van der Waals surface area contributed by atoms with Crippen molar-refractivity contribution in [2.24, 2.45) is 44.8 Å². The predicted molar refractivity (Wildman–Crippen MR) is 173 cm³/mol. The molecule has 0 spiro atoms. The molecule has 0 amide bonds. The molecule has 5 aliphatic carbocycles. The quantitative estimate of drug-likeness (QED) is 0.190. The molecule has 48 heavy (non-hydrogen) atoms. The average molecular weight is 679 g/mol. The first-order chi connectivity index (χ1) is 22.2. The summed E-state index contributed by atoms with van der Waals surface area (Å²) < 4.78 is 17.4. The van der Waals surface area contributed by atoms with E-state index >= 15 is 0 Å². The minimum absolute atomic E-state index is 0.0342. The Kier molecular flexibility index (Phi) is 8.84. The van der Waals surface area contributed by atoms with Crippen molar-refractivity contribution in [1.82, 2.24) is 0 Å². The molecule has 0 bridgehead atoms. The number of fused-ring (bicyclic) bond motifs is 7. The van der Waals surface area contributed by atoms with Gasteiger partial charge < -0.3 is 44.8 Å². The molecule has 6 N–H and O–H groups in total. The topological polar surface area (TPSA) is 183 Å². The Balaban J connectivity index is 1.36. The zero-order valence-corrected chi connectivity index (χ0v) is 29.6. The molecule has 6 aliphatic rings. The van der Waals surface area contributed by atoms with Crippen LogP contribution in [0, 0.1) is 44.8 Å². The Hall–Kier alpha value is -1.60. The number of esters is 2. The van der Waals surface area contributed by atoms with E-state index < -0.39 is 77.9 Å². The highest BCUT2D eigenvalue weighted by Gasteiger charge is 2.71. The minimum Gasteiger partial charge on any atom is -0.456 e. The highest BCUT2D eigenvalue weighted by molar-refractivity contribution is 5.79. The average Bonchev–Trinajstić information content (AvgIpc) is 3.00. The van der Waals surface area contributed by atoms with E-state index in [0.29, 0.717) is 19.3 Å².